The lowest BCUT2D eigenvalue weighted by molar-refractivity contribution is -0.211. The Kier molecular flexibility index (Phi) is 1.57. The first-order valence-corrected chi connectivity index (χ1v) is 5.27. The summed E-state index contributed by atoms with van der Waals surface area (Å²) in [6, 6.07) is 0. The van der Waals surface area contributed by atoms with Crippen LogP contribution in [0.3, 0.4) is 0 Å². The van der Waals surface area contributed by atoms with E-state index in [1.54, 1.807) is 0 Å². The Bertz CT molecular complexity index is 320. The Morgan fingerprint density at radius 3 is 3.21 bits per heavy atom. The van der Waals surface area contributed by atoms with E-state index in [1.807, 2.05) is 13.0 Å². The minimum absolute atomic E-state index is 0.0310. The molecule has 3 rings (SSSR count). The van der Waals surface area contributed by atoms with Gasteiger partial charge in [-0.25, -0.2) is 0 Å². The number of allylic oxidation sites excluding steroid dienone is 1. The Morgan fingerprint density at radius 1 is 1.57 bits per heavy atom. The number of ether oxygens (including phenoxy) is 2. The fraction of sp³-hybridized carbons (Fsp3) is 0.727. The molecule has 0 amide bonds. The maximum Gasteiger partial charge on any atom is 0.317 e. The summed E-state index contributed by atoms with van der Waals surface area (Å²) in [7, 11) is 0. The minimum atomic E-state index is -0.280. The molecule has 3 heteroatoms. The van der Waals surface area contributed by atoms with Gasteiger partial charge >= 0.3 is 5.97 Å². The van der Waals surface area contributed by atoms with Crippen molar-refractivity contribution in [1.29, 1.82) is 0 Å². The molecule has 14 heavy (non-hydrogen) atoms. The van der Waals surface area contributed by atoms with Crippen molar-refractivity contribution in [2.45, 2.75) is 31.8 Å². The number of carbonyl (C=O) groups excluding carboxylic acids is 1. The second-order valence-corrected chi connectivity index (χ2v) is 4.51. The van der Waals surface area contributed by atoms with E-state index in [9.17, 15) is 4.79 Å². The molecule has 2 fully saturated rings. The van der Waals surface area contributed by atoms with Gasteiger partial charge in [0.25, 0.3) is 0 Å². The van der Waals surface area contributed by atoms with E-state index in [4.69, 9.17) is 9.47 Å². The predicted octanol–water partition coefficient (Wildman–Crippen LogP) is 1.63. The Balaban J connectivity index is 1.99. The van der Waals surface area contributed by atoms with E-state index in [1.165, 1.54) is 6.42 Å². The van der Waals surface area contributed by atoms with Gasteiger partial charge in [0.15, 0.2) is 0 Å². The van der Waals surface area contributed by atoms with E-state index in [0.29, 0.717) is 11.7 Å². The fourth-order valence-corrected chi connectivity index (χ4v) is 3.03. The number of esters is 1. The van der Waals surface area contributed by atoms with Gasteiger partial charge in [-0.2, -0.15) is 0 Å². The lowest BCUT2D eigenvalue weighted by Gasteiger charge is -2.56. The fourth-order valence-electron chi connectivity index (χ4n) is 3.03. The molecular formula is C11H14O3. The highest BCUT2D eigenvalue weighted by atomic mass is 16.6. The molecule has 3 aliphatic rings. The van der Waals surface area contributed by atoms with Crippen molar-refractivity contribution in [1.82, 2.24) is 0 Å². The summed E-state index contributed by atoms with van der Waals surface area (Å²) in [5.41, 5.74) is -0.280. The van der Waals surface area contributed by atoms with Crippen LogP contribution in [0.4, 0.5) is 0 Å². The van der Waals surface area contributed by atoms with Gasteiger partial charge in [-0.1, -0.05) is 0 Å². The van der Waals surface area contributed by atoms with Crippen molar-refractivity contribution in [3.63, 3.8) is 0 Å². The maximum atomic E-state index is 11.6. The second-order valence-electron chi connectivity index (χ2n) is 4.51. The summed E-state index contributed by atoms with van der Waals surface area (Å²) in [6.45, 7) is 2.61. The number of rotatable bonds is 0. The number of hydrogen-bond donors (Lipinski definition) is 0. The van der Waals surface area contributed by atoms with Gasteiger partial charge in [0, 0.05) is 6.61 Å². The topological polar surface area (TPSA) is 35.5 Å². The first kappa shape index (κ1) is 8.48. The summed E-state index contributed by atoms with van der Waals surface area (Å²) >= 11 is 0. The predicted molar refractivity (Wildman–Crippen MR) is 49.4 cm³/mol. The number of carbonyl (C=O) groups is 1. The van der Waals surface area contributed by atoms with Crippen molar-refractivity contribution in [3.8, 4) is 0 Å². The molecule has 2 aliphatic heterocycles. The summed E-state index contributed by atoms with van der Waals surface area (Å²) < 4.78 is 10.9. The quantitative estimate of drug-likeness (QED) is 0.550. The van der Waals surface area contributed by atoms with Crippen LogP contribution in [-0.2, 0) is 14.3 Å². The van der Waals surface area contributed by atoms with Crippen LogP contribution in [0.15, 0.2) is 11.8 Å². The summed E-state index contributed by atoms with van der Waals surface area (Å²) in [4.78, 5) is 11.6. The SMILES string of the molecule is CC1=C[C@]23OCCC[C@H]2C[C@@H]3C(=O)O1. The van der Waals surface area contributed by atoms with E-state index >= 15 is 0 Å². The van der Waals surface area contributed by atoms with Crippen molar-refractivity contribution >= 4 is 5.97 Å². The van der Waals surface area contributed by atoms with Crippen LogP contribution in [0.5, 0.6) is 0 Å². The van der Waals surface area contributed by atoms with E-state index in [0.717, 1.165) is 19.4 Å². The van der Waals surface area contributed by atoms with Crippen LogP contribution >= 0.6 is 0 Å². The first-order valence-electron chi connectivity index (χ1n) is 5.27. The molecule has 76 valence electrons. The Hall–Kier alpha value is -0.830. The van der Waals surface area contributed by atoms with Crippen LogP contribution < -0.4 is 0 Å². The molecule has 0 bridgehead atoms. The monoisotopic (exact) mass is 194 g/mol. The Morgan fingerprint density at radius 2 is 2.43 bits per heavy atom. The summed E-state index contributed by atoms with van der Waals surface area (Å²) in [6.07, 6.45) is 5.28. The molecule has 0 aromatic rings. The highest BCUT2D eigenvalue weighted by molar-refractivity contribution is 5.78. The molecular weight excluding hydrogens is 180 g/mol. The first-order chi connectivity index (χ1) is 6.72. The van der Waals surface area contributed by atoms with Gasteiger partial charge in [0.05, 0.1) is 5.92 Å². The second kappa shape index (κ2) is 2.60. The third-order valence-electron chi connectivity index (χ3n) is 3.73. The molecule has 2 heterocycles. The molecule has 0 unspecified atom stereocenters. The molecule has 1 aliphatic carbocycles. The van der Waals surface area contributed by atoms with Crippen LogP contribution in [0.2, 0.25) is 0 Å². The zero-order valence-electron chi connectivity index (χ0n) is 8.29. The van der Waals surface area contributed by atoms with Gasteiger partial charge in [-0.3, -0.25) is 4.79 Å². The van der Waals surface area contributed by atoms with Crippen molar-refractivity contribution in [2.75, 3.05) is 6.61 Å². The molecule has 3 atom stereocenters. The lowest BCUT2D eigenvalue weighted by atomic mass is 9.57. The molecule has 0 radical (unpaired) electrons. The van der Waals surface area contributed by atoms with E-state index in [2.05, 4.69) is 0 Å². The Labute approximate surface area is 83.1 Å². The number of hydrogen-bond acceptors (Lipinski definition) is 3. The van der Waals surface area contributed by atoms with Gasteiger partial charge < -0.3 is 9.47 Å². The third kappa shape index (κ3) is 0.883. The lowest BCUT2D eigenvalue weighted by Crippen LogP contribution is -2.63. The van der Waals surface area contributed by atoms with Crippen molar-refractivity contribution < 1.29 is 14.3 Å². The van der Waals surface area contributed by atoms with Crippen molar-refractivity contribution in [3.05, 3.63) is 11.8 Å². The van der Waals surface area contributed by atoms with Gasteiger partial charge in [-0.05, 0) is 38.2 Å². The molecule has 1 saturated carbocycles. The summed E-state index contributed by atoms with van der Waals surface area (Å²) in [5.74, 6) is 1.13. The molecule has 1 spiro atoms. The molecule has 1 saturated heterocycles. The van der Waals surface area contributed by atoms with Crippen LogP contribution in [0.25, 0.3) is 0 Å². The largest absolute Gasteiger partial charge is 0.431 e. The maximum absolute atomic E-state index is 11.6. The molecule has 0 aromatic carbocycles. The average Bonchev–Trinajstić information content (AvgIpc) is 2.08. The molecule has 0 aromatic heterocycles. The van der Waals surface area contributed by atoms with Crippen LogP contribution in [0.1, 0.15) is 26.2 Å². The minimum Gasteiger partial charge on any atom is -0.431 e. The van der Waals surface area contributed by atoms with Gasteiger partial charge in [0.1, 0.15) is 11.4 Å². The normalized spacial score (nSPS) is 45.5. The van der Waals surface area contributed by atoms with Crippen LogP contribution in [-0.4, -0.2) is 18.2 Å². The van der Waals surface area contributed by atoms with Crippen molar-refractivity contribution in [2.24, 2.45) is 11.8 Å². The summed E-state index contributed by atoms with van der Waals surface area (Å²) in [5, 5.41) is 0. The van der Waals surface area contributed by atoms with E-state index < -0.39 is 0 Å². The van der Waals surface area contributed by atoms with Crippen LogP contribution in [0, 0.1) is 11.8 Å². The molecule has 3 nitrogen and oxygen atoms in total. The zero-order chi connectivity index (χ0) is 9.76. The highest BCUT2D eigenvalue weighted by Gasteiger charge is 2.61. The zero-order valence-corrected chi connectivity index (χ0v) is 8.29. The number of cyclic esters (lactones) is 1. The van der Waals surface area contributed by atoms with E-state index in [-0.39, 0.29) is 17.5 Å². The smallest absolute Gasteiger partial charge is 0.317 e. The average molecular weight is 194 g/mol. The molecule has 0 N–H and O–H groups in total. The van der Waals surface area contributed by atoms with Gasteiger partial charge in [-0.15, -0.1) is 0 Å². The highest BCUT2D eigenvalue weighted by Crippen LogP contribution is 2.55. The third-order valence-corrected chi connectivity index (χ3v) is 3.73. The van der Waals surface area contributed by atoms with Gasteiger partial charge in [0.2, 0.25) is 0 Å². The standard InChI is InChI=1S/C11H14O3/c1-7-6-11-8(3-2-4-13-11)5-9(11)10(12)14-7/h6,8-9H,2-5H2,1H3/t8-,9+,11-/m0/s1.